The maximum atomic E-state index is 16.1. The van der Waals surface area contributed by atoms with Crippen molar-refractivity contribution in [2.75, 3.05) is 25.5 Å². The topological polar surface area (TPSA) is 103 Å². The van der Waals surface area contributed by atoms with Gasteiger partial charge in [0.05, 0.1) is 28.7 Å². The number of ketones is 1. The molecule has 4 rings (SSSR count). The van der Waals surface area contributed by atoms with Gasteiger partial charge in [0.2, 0.25) is 10.0 Å². The molecule has 212 valence electrons. The molecule has 0 aliphatic rings. The van der Waals surface area contributed by atoms with Crippen LogP contribution < -0.4 is 10.5 Å². The van der Waals surface area contributed by atoms with Crippen LogP contribution in [0.1, 0.15) is 38.1 Å². The summed E-state index contributed by atoms with van der Waals surface area (Å²) in [6, 6.07) is 11.9. The highest BCUT2D eigenvalue weighted by Crippen LogP contribution is 2.33. The summed E-state index contributed by atoms with van der Waals surface area (Å²) in [7, 11) is -1.77. The van der Waals surface area contributed by atoms with E-state index in [2.05, 4.69) is 15.9 Å². The Morgan fingerprint density at radius 3 is 2.41 bits per heavy atom. The second-order valence-electron chi connectivity index (χ2n) is 9.77. The van der Waals surface area contributed by atoms with E-state index >= 15 is 4.39 Å². The van der Waals surface area contributed by atoms with Gasteiger partial charge in [0.1, 0.15) is 11.6 Å². The molecule has 4 aromatic rings. The van der Waals surface area contributed by atoms with Crippen LogP contribution in [0.3, 0.4) is 0 Å². The Morgan fingerprint density at radius 2 is 1.78 bits per heavy atom. The Labute approximate surface area is 236 Å². The molecule has 1 atom stereocenters. The number of anilines is 1. The molecule has 0 amide bonds. The third kappa shape index (κ3) is 5.89. The van der Waals surface area contributed by atoms with Crippen molar-refractivity contribution in [2.24, 2.45) is 0 Å². The molecule has 0 radical (unpaired) electrons. The number of hydrogen-bond donors (Lipinski definition) is 1. The summed E-state index contributed by atoms with van der Waals surface area (Å²) in [6.45, 7) is 3.55. The molecular formula is C30H28F2N4O4S. The van der Waals surface area contributed by atoms with Crippen LogP contribution in [0.25, 0.3) is 10.9 Å². The molecule has 8 nitrogen and oxygen atoms in total. The van der Waals surface area contributed by atoms with Gasteiger partial charge in [-0.1, -0.05) is 24.1 Å². The molecule has 0 spiro atoms. The van der Waals surface area contributed by atoms with E-state index < -0.39 is 38.3 Å². The number of Topliss-reactive ketones (excluding diaryl/α,β-unsaturated/α-hetero) is 1. The Bertz CT molecular complexity index is 1850. The fraction of sp³-hybridized carbons (Fsp3) is 0.233. The zero-order valence-electron chi connectivity index (χ0n) is 22.9. The lowest BCUT2D eigenvalue weighted by molar-refractivity contribution is 0.0981. The van der Waals surface area contributed by atoms with Crippen molar-refractivity contribution < 1.29 is 22.0 Å². The summed E-state index contributed by atoms with van der Waals surface area (Å²) in [4.78, 5) is 34.8. The quantitative estimate of drug-likeness (QED) is 0.235. The van der Waals surface area contributed by atoms with E-state index in [1.807, 2.05) is 6.92 Å². The number of aromatic nitrogens is 2. The van der Waals surface area contributed by atoms with Crippen molar-refractivity contribution >= 4 is 32.4 Å². The lowest BCUT2D eigenvalue weighted by Gasteiger charge is -2.26. The summed E-state index contributed by atoms with van der Waals surface area (Å²) in [6.07, 6.45) is 5.60. The molecule has 3 aromatic carbocycles. The first-order valence-corrected chi connectivity index (χ1v) is 14.0. The van der Waals surface area contributed by atoms with E-state index in [1.54, 1.807) is 19.1 Å². The minimum Gasteiger partial charge on any atom is -0.354 e. The summed E-state index contributed by atoms with van der Waals surface area (Å²) in [5.74, 6) is 0.378. The maximum absolute atomic E-state index is 16.1. The molecular weight excluding hydrogens is 550 g/mol. The van der Waals surface area contributed by atoms with Crippen LogP contribution in [0.15, 0.2) is 59.4 Å². The number of sulfonamides is 1. The number of hydrogen-bond acceptors (Lipinski definition) is 6. The smallest absolute Gasteiger partial charge is 0.258 e. The first-order valence-electron chi connectivity index (χ1n) is 12.5. The number of nitrogens with zero attached hydrogens (tertiary/aromatic N) is 3. The molecule has 0 saturated heterocycles. The molecule has 41 heavy (non-hydrogen) atoms. The predicted octanol–water partition coefficient (Wildman–Crippen LogP) is 4.27. The molecule has 0 aliphatic carbocycles. The number of nitrogens with one attached hydrogen (secondary N) is 1. The van der Waals surface area contributed by atoms with E-state index in [9.17, 15) is 22.4 Å². The first kappa shape index (κ1) is 29.6. The molecule has 11 heteroatoms. The normalized spacial score (nSPS) is 12.3. The second-order valence-corrected chi connectivity index (χ2v) is 12.0. The van der Waals surface area contributed by atoms with Crippen molar-refractivity contribution in [3.8, 4) is 12.3 Å². The van der Waals surface area contributed by atoms with Gasteiger partial charge in [-0.2, -0.15) is 0 Å². The van der Waals surface area contributed by atoms with Crippen molar-refractivity contribution in [3.05, 3.63) is 105 Å². The number of carbonyl (C=O) groups is 1. The monoisotopic (exact) mass is 578 g/mol. The standard InChI is InChI=1S/C30H28F2N4O4S/c1-6-14-36(17-21-16-24-25(15-18(21)2)33-19(3)34-30(24)38)26-9-7-8-23(27(26)32)28(37)29(41(39,40)35(4)5)20-10-12-22(31)13-11-20/h1,7-13,15-16,29H,14,17H2,2-5H3,(H,33,34,38). The van der Waals surface area contributed by atoms with Crippen LogP contribution in [0.5, 0.6) is 0 Å². The van der Waals surface area contributed by atoms with Crippen LogP contribution in [-0.4, -0.2) is 49.1 Å². The molecule has 0 aliphatic heterocycles. The van der Waals surface area contributed by atoms with E-state index in [-0.39, 0.29) is 29.9 Å². The average Bonchev–Trinajstić information content (AvgIpc) is 2.90. The van der Waals surface area contributed by atoms with Gasteiger partial charge in [0.15, 0.2) is 16.9 Å². The first-order chi connectivity index (χ1) is 19.3. The molecule has 0 fully saturated rings. The van der Waals surface area contributed by atoms with Crippen molar-refractivity contribution in [1.82, 2.24) is 14.3 Å². The highest BCUT2D eigenvalue weighted by atomic mass is 32.2. The highest BCUT2D eigenvalue weighted by Gasteiger charge is 2.38. The van der Waals surface area contributed by atoms with Gasteiger partial charge < -0.3 is 9.88 Å². The number of benzene rings is 3. The molecule has 0 saturated carbocycles. The van der Waals surface area contributed by atoms with Crippen LogP contribution in [0, 0.1) is 37.8 Å². The minimum atomic E-state index is -4.28. The van der Waals surface area contributed by atoms with Crippen molar-refractivity contribution in [1.29, 1.82) is 0 Å². The fourth-order valence-corrected chi connectivity index (χ4v) is 5.89. The minimum absolute atomic E-state index is 0.00348. The zero-order valence-corrected chi connectivity index (χ0v) is 23.7. The zero-order chi connectivity index (χ0) is 30.1. The van der Waals surface area contributed by atoms with Gasteiger partial charge in [0, 0.05) is 20.6 Å². The van der Waals surface area contributed by atoms with Crippen LogP contribution >= 0.6 is 0 Å². The summed E-state index contributed by atoms with van der Waals surface area (Å²) in [5, 5.41) is -1.45. The highest BCUT2D eigenvalue weighted by molar-refractivity contribution is 7.90. The number of terminal acetylenes is 1. The molecule has 0 bridgehead atoms. The largest absolute Gasteiger partial charge is 0.354 e. The molecule has 1 heterocycles. The Hall–Kier alpha value is -4.40. The maximum Gasteiger partial charge on any atom is 0.258 e. The van der Waals surface area contributed by atoms with Crippen molar-refractivity contribution in [2.45, 2.75) is 25.6 Å². The number of aromatic amines is 1. The average molecular weight is 579 g/mol. The van der Waals surface area contributed by atoms with Gasteiger partial charge in [-0.3, -0.25) is 9.59 Å². The van der Waals surface area contributed by atoms with Gasteiger partial charge in [-0.15, -0.1) is 6.42 Å². The summed E-state index contributed by atoms with van der Waals surface area (Å²) in [5.41, 5.74) is 1.18. The lowest BCUT2D eigenvalue weighted by atomic mass is 10.0. The second kappa shape index (κ2) is 11.6. The van der Waals surface area contributed by atoms with E-state index in [0.29, 0.717) is 22.3 Å². The Kier molecular flexibility index (Phi) is 8.37. The lowest BCUT2D eigenvalue weighted by Crippen LogP contribution is -2.33. The van der Waals surface area contributed by atoms with Gasteiger partial charge >= 0.3 is 0 Å². The summed E-state index contributed by atoms with van der Waals surface area (Å²) >= 11 is 0. The van der Waals surface area contributed by atoms with Gasteiger partial charge in [-0.25, -0.2) is 26.5 Å². The fourth-order valence-electron chi connectivity index (χ4n) is 4.57. The van der Waals surface area contributed by atoms with Crippen LogP contribution in [0.4, 0.5) is 14.5 Å². The number of H-pyrrole nitrogens is 1. The number of aryl methyl sites for hydroxylation is 2. The van der Waals surface area contributed by atoms with E-state index in [4.69, 9.17) is 6.42 Å². The Balaban J connectivity index is 1.79. The van der Waals surface area contributed by atoms with Crippen molar-refractivity contribution in [3.63, 3.8) is 0 Å². The number of fused-ring (bicyclic) bond motifs is 1. The van der Waals surface area contributed by atoms with Crippen LogP contribution in [0.2, 0.25) is 0 Å². The number of halogens is 2. The Morgan fingerprint density at radius 1 is 1.10 bits per heavy atom. The third-order valence-electron chi connectivity index (χ3n) is 6.73. The third-order valence-corrected chi connectivity index (χ3v) is 8.83. The van der Waals surface area contributed by atoms with E-state index in [1.165, 1.54) is 49.3 Å². The number of rotatable bonds is 9. The van der Waals surface area contributed by atoms with Gasteiger partial charge in [0.25, 0.3) is 5.56 Å². The SMILES string of the molecule is C#CCN(Cc1cc2c(=O)[nH]c(C)nc2cc1C)c1cccc(C(=O)C(c2ccc(F)cc2)S(=O)(=O)N(C)C)c1F. The van der Waals surface area contributed by atoms with Crippen LogP contribution in [-0.2, 0) is 16.6 Å². The molecule has 1 N–H and O–H groups in total. The predicted molar refractivity (Wildman–Crippen MR) is 154 cm³/mol. The van der Waals surface area contributed by atoms with E-state index in [0.717, 1.165) is 22.0 Å². The molecule has 1 aromatic heterocycles. The van der Waals surface area contributed by atoms with Gasteiger partial charge in [-0.05, 0) is 66.9 Å². The molecule has 1 unspecified atom stereocenters. The number of carbonyl (C=O) groups excluding carboxylic acids is 1. The summed E-state index contributed by atoms with van der Waals surface area (Å²) < 4.78 is 57.0.